The number of nitrogens with one attached hydrogen (secondary N) is 3. The van der Waals surface area contributed by atoms with E-state index in [9.17, 15) is 4.79 Å². The van der Waals surface area contributed by atoms with Gasteiger partial charge in [0.2, 0.25) is 5.95 Å². The normalized spacial score (nSPS) is 15.3. The van der Waals surface area contributed by atoms with Crippen LogP contribution in [-0.2, 0) is 15.7 Å². The van der Waals surface area contributed by atoms with Gasteiger partial charge < -0.3 is 24.5 Å². The first kappa shape index (κ1) is 38.0. The third kappa shape index (κ3) is 8.40. The van der Waals surface area contributed by atoms with Crippen LogP contribution in [0.15, 0.2) is 85.1 Å². The first-order chi connectivity index (χ1) is 25.7. The van der Waals surface area contributed by atoms with E-state index in [0.717, 1.165) is 49.1 Å². The average Bonchev–Trinajstić information content (AvgIpc) is 3.85. The number of carbonyl (C=O) groups is 1. The van der Waals surface area contributed by atoms with E-state index in [4.69, 9.17) is 24.0 Å². The molecule has 1 fully saturated rings. The van der Waals surface area contributed by atoms with Crippen molar-refractivity contribution in [2.75, 3.05) is 38.0 Å². The molecule has 0 radical (unpaired) electrons. The van der Waals surface area contributed by atoms with Crippen molar-refractivity contribution in [3.05, 3.63) is 96.2 Å². The van der Waals surface area contributed by atoms with Crippen LogP contribution in [0.3, 0.4) is 0 Å². The van der Waals surface area contributed by atoms with E-state index in [1.54, 1.807) is 13.3 Å². The summed E-state index contributed by atoms with van der Waals surface area (Å²) in [6, 6.07) is 28.2. The highest BCUT2D eigenvalue weighted by atomic mass is 28.4. The fourth-order valence-corrected chi connectivity index (χ4v) is 12.2. The summed E-state index contributed by atoms with van der Waals surface area (Å²) in [4.78, 5) is 21.7. The first-order valence-corrected chi connectivity index (χ1v) is 20.6. The Balaban J connectivity index is 1.31. The van der Waals surface area contributed by atoms with Crippen LogP contribution in [0.4, 0.5) is 16.6 Å². The Morgan fingerprint density at radius 1 is 1.00 bits per heavy atom. The molecule has 11 nitrogen and oxygen atoms in total. The highest BCUT2D eigenvalue weighted by Crippen LogP contribution is 2.37. The lowest BCUT2D eigenvalue weighted by atomic mass is 10.0. The van der Waals surface area contributed by atoms with Crippen molar-refractivity contribution in [1.82, 2.24) is 25.1 Å². The second-order valence-electron chi connectivity index (χ2n) is 14.7. The Bertz CT molecular complexity index is 1920. The van der Waals surface area contributed by atoms with Crippen LogP contribution in [0.5, 0.6) is 5.75 Å². The monoisotopic (exact) mass is 735 g/mol. The number of nitrogens with zero attached hydrogens (tertiary/aromatic N) is 4. The zero-order chi connectivity index (χ0) is 37.4. The minimum absolute atomic E-state index is 0.0124. The minimum atomic E-state index is -2.71. The average molecular weight is 736 g/mol. The maximum absolute atomic E-state index is 12.3. The largest absolute Gasteiger partial charge is 0.496 e. The quantitative estimate of drug-likeness (QED) is 0.0973. The van der Waals surface area contributed by atoms with Gasteiger partial charge in [-0.05, 0) is 59.3 Å². The number of hydrogen-bond acceptors (Lipinski definition) is 9. The van der Waals surface area contributed by atoms with Crippen LogP contribution in [0, 0.1) is 0 Å². The molecule has 2 atom stereocenters. The number of anilines is 2. The number of rotatable bonds is 15. The summed E-state index contributed by atoms with van der Waals surface area (Å²) in [5.74, 6) is 1.52. The van der Waals surface area contributed by atoms with E-state index in [2.05, 4.69) is 127 Å². The Morgan fingerprint density at radius 2 is 1.72 bits per heavy atom. The summed E-state index contributed by atoms with van der Waals surface area (Å²) >= 11 is 0. The summed E-state index contributed by atoms with van der Waals surface area (Å²) in [7, 11) is 0.306. The standard InChI is InChI=1S/C41H53N7O4Si/c1-7-15-31(23-25-52-53(41(2,3)4,32-16-10-8-11-17-32)33-18-12-9-13-19-33)44-38-37-35(45-39(46-38)47-40(49)51-6)27-43-48(37)28-30-22-21-29(26-36(30)50-5)34-20-14-24-42-34/h8-13,16-19,21-22,26-27,31,34,42H,7,14-15,20,23-25,28H2,1-6H3,(H2,44,45,46,47,49)/t31-,34?/m0/s1. The summed E-state index contributed by atoms with van der Waals surface area (Å²) in [6.45, 7) is 11.1. The smallest absolute Gasteiger partial charge is 0.413 e. The van der Waals surface area contributed by atoms with E-state index in [-0.39, 0.29) is 17.0 Å². The number of amides is 1. The van der Waals surface area contributed by atoms with Crippen LogP contribution in [0.1, 0.15) is 77.0 Å². The second-order valence-corrected chi connectivity index (χ2v) is 19.0. The van der Waals surface area contributed by atoms with Gasteiger partial charge >= 0.3 is 6.09 Å². The molecule has 1 saturated heterocycles. The maximum atomic E-state index is 12.3. The predicted molar refractivity (Wildman–Crippen MR) is 214 cm³/mol. The summed E-state index contributed by atoms with van der Waals surface area (Å²) in [5, 5.41) is 17.1. The topological polar surface area (TPSA) is 124 Å². The third-order valence-corrected chi connectivity index (χ3v) is 15.2. The van der Waals surface area contributed by atoms with E-state index >= 15 is 0 Å². The van der Waals surface area contributed by atoms with Gasteiger partial charge in [0.15, 0.2) is 5.82 Å². The number of aromatic nitrogens is 4. The van der Waals surface area contributed by atoms with Gasteiger partial charge in [-0.1, -0.05) is 107 Å². The molecule has 0 bridgehead atoms. The molecule has 53 heavy (non-hydrogen) atoms. The summed E-state index contributed by atoms with van der Waals surface area (Å²) < 4.78 is 19.9. The summed E-state index contributed by atoms with van der Waals surface area (Å²) in [5.41, 5.74) is 3.54. The Hall–Kier alpha value is -4.78. The van der Waals surface area contributed by atoms with Gasteiger partial charge in [-0.15, -0.1) is 0 Å². The fourth-order valence-electron chi connectivity index (χ4n) is 7.60. The molecular formula is C41H53N7O4Si. The molecule has 1 amide bonds. The van der Waals surface area contributed by atoms with Crippen LogP contribution in [0.25, 0.3) is 11.0 Å². The molecular weight excluding hydrogens is 683 g/mol. The van der Waals surface area contributed by atoms with E-state index in [1.807, 2.05) is 4.68 Å². The number of carbonyl (C=O) groups excluding carboxylic acids is 1. The molecule has 0 saturated carbocycles. The molecule has 3 N–H and O–H groups in total. The van der Waals surface area contributed by atoms with Crippen molar-refractivity contribution in [1.29, 1.82) is 0 Å². The molecule has 6 rings (SSSR count). The number of fused-ring (bicyclic) bond motifs is 1. The van der Waals surface area contributed by atoms with Crippen LogP contribution >= 0.6 is 0 Å². The minimum Gasteiger partial charge on any atom is -0.496 e. The Morgan fingerprint density at radius 3 is 2.32 bits per heavy atom. The molecule has 2 aromatic heterocycles. The molecule has 3 heterocycles. The molecule has 0 spiro atoms. The van der Waals surface area contributed by atoms with Gasteiger partial charge in [0.25, 0.3) is 8.32 Å². The lowest BCUT2D eigenvalue weighted by Gasteiger charge is -2.43. The van der Waals surface area contributed by atoms with Crippen molar-refractivity contribution in [3.63, 3.8) is 0 Å². The van der Waals surface area contributed by atoms with Crippen molar-refractivity contribution in [2.24, 2.45) is 0 Å². The maximum Gasteiger partial charge on any atom is 0.413 e. The zero-order valence-electron chi connectivity index (χ0n) is 31.8. The van der Waals surface area contributed by atoms with Crippen molar-refractivity contribution in [3.8, 4) is 5.75 Å². The van der Waals surface area contributed by atoms with Crippen LogP contribution in [-0.4, -0.2) is 67.6 Å². The molecule has 0 aliphatic carbocycles. The molecule has 1 aliphatic rings. The van der Waals surface area contributed by atoms with Gasteiger partial charge in [-0.2, -0.15) is 10.1 Å². The number of benzene rings is 3. The Labute approximate surface area is 314 Å². The van der Waals surface area contributed by atoms with E-state index < -0.39 is 14.4 Å². The van der Waals surface area contributed by atoms with Gasteiger partial charge in [0, 0.05) is 24.3 Å². The third-order valence-electron chi connectivity index (χ3n) is 10.2. The number of ether oxygens (including phenoxy) is 2. The highest BCUT2D eigenvalue weighted by molar-refractivity contribution is 6.99. The van der Waals surface area contributed by atoms with Gasteiger partial charge in [0.1, 0.15) is 16.8 Å². The molecule has 1 aliphatic heterocycles. The van der Waals surface area contributed by atoms with Crippen LogP contribution in [0.2, 0.25) is 5.04 Å². The Kier molecular flexibility index (Phi) is 12.1. The van der Waals surface area contributed by atoms with E-state index in [0.29, 0.717) is 30.5 Å². The lowest BCUT2D eigenvalue weighted by Crippen LogP contribution is -2.66. The molecule has 280 valence electrons. The lowest BCUT2D eigenvalue weighted by molar-refractivity contribution is 0.186. The number of hydrogen-bond donors (Lipinski definition) is 3. The molecule has 3 aromatic carbocycles. The molecule has 1 unspecified atom stereocenters. The van der Waals surface area contributed by atoms with Gasteiger partial charge in [-0.3, -0.25) is 10.00 Å². The summed E-state index contributed by atoms with van der Waals surface area (Å²) in [6.07, 6.45) is 5.92. The van der Waals surface area contributed by atoms with Crippen molar-refractivity contribution < 1.29 is 18.7 Å². The van der Waals surface area contributed by atoms with Crippen molar-refractivity contribution in [2.45, 2.75) is 83.5 Å². The molecule has 5 aromatic rings. The van der Waals surface area contributed by atoms with Crippen LogP contribution < -0.4 is 31.1 Å². The number of methoxy groups -OCH3 is 2. The first-order valence-electron chi connectivity index (χ1n) is 18.7. The predicted octanol–water partition coefficient (Wildman–Crippen LogP) is 7.03. The molecule has 12 heteroatoms. The SMILES string of the molecule is CCC[C@@H](CCO[Si](c1ccccc1)(c1ccccc1)C(C)(C)C)Nc1nc(NC(=O)OC)nc2cnn(Cc3ccc(C4CCCN4)cc3OC)c12. The van der Waals surface area contributed by atoms with Gasteiger partial charge in [0.05, 0.1) is 27.0 Å². The highest BCUT2D eigenvalue weighted by Gasteiger charge is 2.50. The zero-order valence-corrected chi connectivity index (χ0v) is 32.8. The second kappa shape index (κ2) is 16.9. The van der Waals surface area contributed by atoms with E-state index in [1.165, 1.54) is 29.5 Å². The fraction of sp³-hybridized carbons (Fsp3) is 0.415. The van der Waals surface area contributed by atoms with Gasteiger partial charge in [-0.25, -0.2) is 9.78 Å². The van der Waals surface area contributed by atoms with Crippen molar-refractivity contribution >= 4 is 47.6 Å².